The van der Waals surface area contributed by atoms with Crippen LogP contribution >= 0.6 is 120 Å². The normalized spacial score (nSPS) is 11.9. The van der Waals surface area contributed by atoms with Gasteiger partial charge in [0.25, 0.3) is 0 Å². The van der Waals surface area contributed by atoms with Crippen LogP contribution in [0.1, 0.15) is 56.8 Å². The molecule has 121 heavy (non-hydrogen) atoms. The van der Waals surface area contributed by atoms with Gasteiger partial charge in [0.15, 0.2) is 16.9 Å². The minimum atomic E-state index is -3.22. The van der Waals surface area contributed by atoms with Crippen molar-refractivity contribution in [2.75, 3.05) is 116 Å². The van der Waals surface area contributed by atoms with E-state index in [0.29, 0.717) is 78.6 Å². The Bertz CT molecular complexity index is 5800. The summed E-state index contributed by atoms with van der Waals surface area (Å²) in [4.78, 5) is 72.2. The van der Waals surface area contributed by atoms with Gasteiger partial charge in [0.05, 0.1) is 98.2 Å². The average molecular weight is 1910 g/mol. The number of halogens is 17. The van der Waals surface area contributed by atoms with Crippen LogP contribution < -0.4 is 44.0 Å². The molecule has 14 rings (SSSR count). The van der Waals surface area contributed by atoms with Crippen LogP contribution in [0, 0.1) is 89.7 Å². The molecule has 2 aliphatic heterocycles. The fourth-order valence-corrected chi connectivity index (χ4v) is 10.3. The zero-order valence-corrected chi connectivity index (χ0v) is 72.5. The largest absolute Gasteiger partial charge is 0.457 e. The lowest BCUT2D eigenvalue weighted by molar-refractivity contribution is -0.119. The Morgan fingerprint density at radius 1 is 0.612 bits per heavy atom. The van der Waals surface area contributed by atoms with E-state index in [4.69, 9.17) is 103 Å². The Labute approximate surface area is 737 Å². The number of hydrazine groups is 1. The number of nitrogens with zero attached hydrogens (tertiary/aromatic N) is 17. The molecule has 2 amide bonds. The number of aliphatic hydroxyl groups excluding tert-OH is 1. The topological polar surface area (TPSA) is 451 Å². The van der Waals surface area contributed by atoms with Gasteiger partial charge in [-0.25, -0.2) is 71.5 Å². The van der Waals surface area contributed by atoms with Crippen LogP contribution in [0.4, 0.5) is 63.3 Å². The van der Waals surface area contributed by atoms with Crippen LogP contribution in [0.25, 0.3) is 49.7 Å². The Morgan fingerprint density at radius 2 is 1.00 bits per heavy atom. The number of nitrogens with two attached hydrogens (primary N) is 3. The van der Waals surface area contributed by atoms with Gasteiger partial charge in [0.2, 0.25) is 17.1 Å². The number of methoxy groups -OCH3 is 2. The first kappa shape index (κ1) is 105. The number of alkyl halides is 1. The number of likely N-dealkylation sites (N-methyl/N-ethyl adjacent to an activating group) is 2. The molecule has 50 heteroatoms. The molecule has 11 N–H and O–H groups in total. The van der Waals surface area contributed by atoms with Gasteiger partial charge in [-0.15, -0.1) is 15.3 Å². The summed E-state index contributed by atoms with van der Waals surface area (Å²) in [6, 6.07) is 21.6. The minimum absolute atomic E-state index is 0. The zero-order valence-electron chi connectivity index (χ0n) is 65.1. The van der Waals surface area contributed by atoms with Crippen molar-refractivity contribution in [2.24, 2.45) is 5.84 Å². The highest BCUT2D eigenvalue weighted by Gasteiger charge is 2.23. The predicted molar refractivity (Wildman–Crippen MR) is 458 cm³/mol. The fraction of sp³-hybridized carbons (Fsp3) is 0.282. The van der Waals surface area contributed by atoms with Crippen molar-refractivity contribution in [2.45, 2.75) is 42.0 Å². The molecule has 8 heterocycles. The molecule has 652 valence electrons. The molecule has 0 aliphatic carbocycles. The van der Waals surface area contributed by atoms with Crippen LogP contribution in [-0.4, -0.2) is 186 Å². The number of benzene rings is 6. The van der Waals surface area contributed by atoms with E-state index in [2.05, 4.69) is 145 Å². The maximum absolute atomic E-state index is 13.8. The standard InChI is InChI=1S/C15H16ClFN6.C10H5Cl2FN4.C10H6ClFN4O.C9H6ClFN2O2.C7H4ClFN2.C7H5FN2.C5H12N2.C2H3ClO2.C2H6N2O.C2H6O.CH3F.CH4.Cl3OP/c1-9-18-14-10-7-11(16)12(17)8-13(10)19-15(23(14)20-9)22-5-3-21(2)4-6-22;1-4-14-9-5-2-6(11)7(13)3-8(5)15-10(12)17(9)16-4;1-4-13-9-5-2-6(11)7(12)3-8(5)14-10(17)16(9)15-4;1-15-9(14)13-8-3-7(11)6(10)2-5(8)4-12;8-5-1-4(3-10)7(11)2-6(5)9;8-6-2-1-5(4-9)7(10)3-6;1-7-4-2-6-3-5-7;1-5-2(3)4;1-2(5)4-3;1-2-3;1-2;;1-5(2,3)4/h7-8H,3-6H2,1-2H3;2-3H,1H3;2-3H,1H3,(H,14,17);2-3H,1H3,(H,13,14);1-2H,11H2;1-3H,10H2;6H,2-5H2,1H3;1H3;3H2,1H3,(H,4,5);3H,2H2,1H3;1H3;1H4;/i;;;;;;;;;;1D;;. The first-order valence-corrected chi connectivity index (χ1v) is 40.4. The fourth-order valence-electron chi connectivity index (χ4n) is 9.28. The number of nitriles is 3. The maximum atomic E-state index is 13.8. The zero-order chi connectivity index (χ0) is 91.5. The van der Waals surface area contributed by atoms with Crippen LogP contribution in [0.15, 0.2) is 83.7 Å². The van der Waals surface area contributed by atoms with Crippen molar-refractivity contribution in [3.8, 4) is 18.2 Å². The van der Waals surface area contributed by atoms with Gasteiger partial charge in [0.1, 0.15) is 70.6 Å². The number of aliphatic hydroxyl groups is 1. The van der Waals surface area contributed by atoms with Crippen molar-refractivity contribution in [3.05, 3.63) is 189 Å². The van der Waals surface area contributed by atoms with Gasteiger partial charge in [0, 0.05) is 112 Å². The third kappa shape index (κ3) is 34.5. The van der Waals surface area contributed by atoms with Crippen molar-refractivity contribution in [1.82, 2.24) is 79.3 Å². The summed E-state index contributed by atoms with van der Waals surface area (Å²) >= 11 is 52.6. The molecule has 32 nitrogen and oxygen atoms in total. The Morgan fingerprint density at radius 3 is 1.44 bits per heavy atom. The lowest BCUT2D eigenvalue weighted by atomic mass is 10.2. The van der Waals surface area contributed by atoms with E-state index in [1.165, 1.54) is 80.2 Å². The molecule has 12 aromatic rings. The van der Waals surface area contributed by atoms with Gasteiger partial charge in [-0.3, -0.25) is 24.5 Å². The summed E-state index contributed by atoms with van der Waals surface area (Å²) in [6.45, 7) is 16.8. The molecule has 0 radical (unpaired) electrons. The van der Waals surface area contributed by atoms with Crippen molar-refractivity contribution >= 4 is 210 Å². The Hall–Kier alpha value is -9.93. The second-order valence-corrected chi connectivity index (χ2v) is 32.7. The van der Waals surface area contributed by atoms with Crippen molar-refractivity contribution in [1.29, 1.82) is 15.8 Å². The molecule has 0 saturated carbocycles. The number of carbonyl (C=O) groups is 3. The monoisotopic (exact) mass is 1910 g/mol. The number of anilines is 4. The average Bonchev–Trinajstić information content (AvgIpc) is 1.56. The Kier molecular flexibility index (Phi) is 45.6. The van der Waals surface area contributed by atoms with Crippen LogP contribution in [0.2, 0.25) is 30.4 Å². The molecule has 0 unspecified atom stereocenters. The molecular weight excluding hydrogens is 1840 g/mol. The highest BCUT2D eigenvalue weighted by Crippen LogP contribution is 2.61. The number of hydrogen-bond acceptors (Lipinski definition) is 26. The van der Waals surface area contributed by atoms with E-state index >= 15 is 0 Å². The molecule has 2 fully saturated rings. The third-order valence-corrected chi connectivity index (χ3v) is 16.5. The number of hydrogen-bond donors (Lipinski definition) is 8. The number of piperazine rings is 2. The number of nitrogen functional groups attached to an aromatic ring is 2. The van der Waals surface area contributed by atoms with E-state index in [-0.39, 0.29) is 78.5 Å². The van der Waals surface area contributed by atoms with Gasteiger partial charge in [-0.05, 0) is 148 Å². The lowest BCUT2D eigenvalue weighted by Crippen LogP contribution is -2.45. The van der Waals surface area contributed by atoms with E-state index in [9.17, 15) is 54.5 Å². The van der Waals surface area contributed by atoms with Crippen molar-refractivity contribution in [3.63, 3.8) is 0 Å². The first-order valence-electron chi connectivity index (χ1n) is 34.1. The molecule has 2 aliphatic rings. The number of aryl methyl sites for hydroxylation is 3. The summed E-state index contributed by atoms with van der Waals surface area (Å²) < 4.78 is 116. The molecule has 0 bridgehead atoms. The highest BCUT2D eigenvalue weighted by molar-refractivity contribution is 8.24. The smallest absolute Gasteiger partial charge is 0.411 e. The number of rotatable bonds is 2. The quantitative estimate of drug-likeness (QED) is 0.0116. The summed E-state index contributed by atoms with van der Waals surface area (Å²) in [5.74, 6) is 3.37. The van der Waals surface area contributed by atoms with Crippen LogP contribution in [0.5, 0.6) is 0 Å². The van der Waals surface area contributed by atoms with Gasteiger partial charge >= 0.3 is 22.4 Å². The highest BCUT2D eigenvalue weighted by atomic mass is 36.0. The van der Waals surface area contributed by atoms with Crippen molar-refractivity contribution < 1.29 is 65.6 Å². The summed E-state index contributed by atoms with van der Waals surface area (Å²) in [6.07, 6.45) is -0.784. The summed E-state index contributed by atoms with van der Waals surface area (Å²) in [7, 11) is 5.63. The van der Waals surface area contributed by atoms with Crippen LogP contribution in [0.3, 0.4) is 0 Å². The number of aromatic nitrogens is 12. The minimum Gasteiger partial charge on any atom is -0.457 e. The molecule has 2 saturated heterocycles. The van der Waals surface area contributed by atoms with E-state index in [1.54, 1.807) is 43.5 Å². The number of aromatic amines is 1. The van der Waals surface area contributed by atoms with E-state index in [0.717, 1.165) is 75.2 Å². The number of fused-ring (bicyclic) bond motifs is 9. The SMILES string of the molecule is C.CC(=O)NN.CCO.CN1CCNCC1.COC(=O)Cl.COC(=O)Nc1cc(F)c(Cl)cc1C#N.Cc1nc2c3cc(Cl)c(F)cc3[nH]c(=O)n2n1.Cc1nc2c3cc(Cl)c(F)cc3nc(Cl)n2n1.Cc1nc2c3cc(Cl)c(F)cc3nc(N3CCN(C)CC3)n2n1.N#Cc1cc(Cl)c(F)cc1N.N#Cc1ccc(F)cc1N.O=P(Cl)(Cl)Cl.[2H]CF. The first-order chi connectivity index (χ1) is 56.9. The number of carbonyl (C=O) groups excluding carboxylic acids is 3. The second kappa shape index (κ2) is 52.4. The third-order valence-electron chi connectivity index (χ3n) is 14.7. The summed E-state index contributed by atoms with van der Waals surface area (Å²) in [5, 5.41) is 49.6. The summed E-state index contributed by atoms with van der Waals surface area (Å²) in [5.41, 5.74) is 14.9. The van der Waals surface area contributed by atoms with Gasteiger partial charge < -0.3 is 51.0 Å². The Balaban J connectivity index is 0.000000472. The lowest BCUT2D eigenvalue weighted by Gasteiger charge is -2.33. The molecule has 0 spiro atoms. The maximum Gasteiger partial charge on any atom is 0.411 e. The number of nitrogens with one attached hydrogen (secondary N) is 4. The number of amides is 2. The van der Waals surface area contributed by atoms with E-state index in [1.807, 2.05) is 18.4 Å². The number of H-pyrrole nitrogens is 1. The van der Waals surface area contributed by atoms with Gasteiger partial charge in [-0.1, -0.05) is 65.4 Å². The number of ether oxygens (including phenoxy) is 2. The molecule has 6 aromatic carbocycles. The molecular formula is C71H76Cl10F7N24O8P. The molecule has 6 aromatic heterocycles. The predicted octanol–water partition coefficient (Wildman–Crippen LogP) is 16.1. The second-order valence-electron chi connectivity index (χ2n) is 23.3. The van der Waals surface area contributed by atoms with E-state index < -0.39 is 64.5 Å². The van der Waals surface area contributed by atoms with Crippen LogP contribution in [-0.2, 0) is 18.8 Å². The van der Waals surface area contributed by atoms with Gasteiger partial charge in [-0.2, -0.15) is 29.3 Å². The molecule has 0 atom stereocenters.